The Hall–Kier alpha value is -1.23. The topological polar surface area (TPSA) is 38.0 Å². The molecule has 3 N–H and O–H groups in total. The minimum Gasteiger partial charge on any atom is -0.389 e. The van der Waals surface area contributed by atoms with Crippen molar-refractivity contribution in [2.75, 3.05) is 11.6 Å². The Labute approximate surface area is 127 Å². The van der Waals surface area contributed by atoms with Gasteiger partial charge in [0.05, 0.1) is 11.4 Å². The number of thioether (sulfide) groups is 1. The fourth-order valence-electron chi connectivity index (χ4n) is 1.73. The second kappa shape index (κ2) is 6.28. The monoisotopic (exact) mass is 308 g/mol. The lowest BCUT2D eigenvalue weighted by Crippen LogP contribution is -2.12. The second-order valence-electron chi connectivity index (χ2n) is 3.88. The van der Waals surface area contributed by atoms with Gasteiger partial charge >= 0.3 is 0 Å². The molecule has 0 fully saturated rings. The molecule has 2 aromatic carbocycles. The fraction of sp³-hybridized carbons (Fsp3) is 0.0714. The van der Waals surface area contributed by atoms with Crippen LogP contribution in [0.3, 0.4) is 0 Å². The van der Waals surface area contributed by atoms with Gasteiger partial charge in [-0.1, -0.05) is 36.0 Å². The zero-order valence-corrected chi connectivity index (χ0v) is 12.7. The van der Waals surface area contributed by atoms with E-state index < -0.39 is 0 Å². The summed E-state index contributed by atoms with van der Waals surface area (Å²) >= 11 is 12.8. The van der Waals surface area contributed by atoms with E-state index in [9.17, 15) is 0 Å². The van der Waals surface area contributed by atoms with E-state index in [0.717, 1.165) is 21.8 Å². The Balaban J connectivity index is 2.42. The van der Waals surface area contributed by atoms with Gasteiger partial charge in [-0.15, -0.1) is 11.8 Å². The standard InChI is InChI=1S/C14H13ClN2S2/c1-19-13-5-3-2-4-11(13)17-12-8-9(15)6-7-10(12)14(16)18/h2-8,17H,1H3,(H2,16,18). The molecular weight excluding hydrogens is 296 g/mol. The van der Waals surface area contributed by atoms with Crippen LogP contribution in [0.5, 0.6) is 0 Å². The summed E-state index contributed by atoms with van der Waals surface area (Å²) < 4.78 is 0. The SMILES string of the molecule is CSc1ccccc1Nc1cc(Cl)ccc1C(N)=S. The third-order valence-electron chi connectivity index (χ3n) is 2.62. The van der Waals surface area contributed by atoms with Crippen LogP contribution in [-0.4, -0.2) is 11.2 Å². The van der Waals surface area contributed by atoms with Crippen molar-refractivity contribution < 1.29 is 0 Å². The summed E-state index contributed by atoms with van der Waals surface area (Å²) in [5, 5.41) is 3.98. The zero-order valence-electron chi connectivity index (χ0n) is 10.3. The van der Waals surface area contributed by atoms with Gasteiger partial charge in [-0.2, -0.15) is 0 Å². The summed E-state index contributed by atoms with van der Waals surface area (Å²) in [4.78, 5) is 1.50. The molecule has 0 amide bonds. The summed E-state index contributed by atoms with van der Waals surface area (Å²) in [6, 6.07) is 13.5. The quantitative estimate of drug-likeness (QED) is 0.647. The first-order valence-electron chi connectivity index (χ1n) is 5.61. The Morgan fingerprint density at radius 2 is 1.95 bits per heavy atom. The lowest BCUT2D eigenvalue weighted by molar-refractivity contribution is 1.41. The molecule has 19 heavy (non-hydrogen) atoms. The number of hydrogen-bond acceptors (Lipinski definition) is 3. The molecule has 0 aliphatic rings. The number of hydrogen-bond donors (Lipinski definition) is 2. The van der Waals surface area contributed by atoms with Crippen LogP contribution < -0.4 is 11.1 Å². The molecule has 0 aliphatic heterocycles. The maximum absolute atomic E-state index is 6.03. The summed E-state index contributed by atoms with van der Waals surface area (Å²) in [5.41, 5.74) is 8.35. The van der Waals surface area contributed by atoms with E-state index in [1.54, 1.807) is 17.8 Å². The van der Waals surface area contributed by atoms with Gasteiger partial charge in [0.15, 0.2) is 0 Å². The number of nitrogens with one attached hydrogen (secondary N) is 1. The van der Waals surface area contributed by atoms with Crippen LogP contribution in [0, 0.1) is 0 Å². The van der Waals surface area contributed by atoms with Gasteiger partial charge in [0.2, 0.25) is 0 Å². The van der Waals surface area contributed by atoms with Crippen molar-refractivity contribution in [3.05, 3.63) is 53.1 Å². The van der Waals surface area contributed by atoms with E-state index in [0.29, 0.717) is 10.0 Å². The number of para-hydroxylation sites is 1. The highest BCUT2D eigenvalue weighted by Gasteiger charge is 2.08. The Morgan fingerprint density at radius 1 is 1.21 bits per heavy atom. The summed E-state index contributed by atoms with van der Waals surface area (Å²) in [6.45, 7) is 0. The average Bonchev–Trinajstić information content (AvgIpc) is 2.39. The van der Waals surface area contributed by atoms with E-state index in [1.165, 1.54) is 0 Å². The van der Waals surface area contributed by atoms with Crippen molar-refractivity contribution >= 4 is 51.9 Å². The molecule has 0 saturated carbocycles. The van der Waals surface area contributed by atoms with Gasteiger partial charge in [-0.05, 0) is 36.6 Å². The van der Waals surface area contributed by atoms with Crippen molar-refractivity contribution in [2.24, 2.45) is 5.73 Å². The molecule has 2 rings (SSSR count). The van der Waals surface area contributed by atoms with Gasteiger partial charge < -0.3 is 11.1 Å². The van der Waals surface area contributed by atoms with E-state index in [4.69, 9.17) is 29.6 Å². The van der Waals surface area contributed by atoms with Crippen molar-refractivity contribution in [1.82, 2.24) is 0 Å². The van der Waals surface area contributed by atoms with E-state index >= 15 is 0 Å². The minimum atomic E-state index is 0.348. The Kier molecular flexibility index (Phi) is 4.69. The summed E-state index contributed by atoms with van der Waals surface area (Å²) in [6.07, 6.45) is 2.03. The molecule has 2 aromatic rings. The third kappa shape index (κ3) is 3.41. The lowest BCUT2D eigenvalue weighted by Gasteiger charge is -2.14. The number of anilines is 2. The molecule has 0 heterocycles. The van der Waals surface area contributed by atoms with Crippen LogP contribution in [0.25, 0.3) is 0 Å². The molecular formula is C14H13ClN2S2. The maximum atomic E-state index is 6.03. The predicted molar refractivity (Wildman–Crippen MR) is 88.8 cm³/mol. The maximum Gasteiger partial charge on any atom is 0.106 e. The molecule has 0 bridgehead atoms. The molecule has 0 aliphatic carbocycles. The predicted octanol–water partition coefficient (Wildman–Crippen LogP) is 4.44. The molecule has 2 nitrogen and oxygen atoms in total. The molecule has 0 unspecified atom stereocenters. The first-order chi connectivity index (χ1) is 9.11. The van der Waals surface area contributed by atoms with Crippen LogP contribution in [-0.2, 0) is 0 Å². The second-order valence-corrected chi connectivity index (χ2v) is 5.60. The molecule has 0 saturated heterocycles. The minimum absolute atomic E-state index is 0.348. The normalized spacial score (nSPS) is 10.2. The van der Waals surface area contributed by atoms with Crippen LogP contribution in [0.2, 0.25) is 5.02 Å². The summed E-state index contributed by atoms with van der Waals surface area (Å²) in [5.74, 6) is 0. The summed E-state index contributed by atoms with van der Waals surface area (Å²) in [7, 11) is 0. The fourth-order valence-corrected chi connectivity index (χ4v) is 2.63. The smallest absolute Gasteiger partial charge is 0.106 e. The van der Waals surface area contributed by atoms with Crippen molar-refractivity contribution in [3.8, 4) is 0 Å². The Morgan fingerprint density at radius 3 is 2.63 bits per heavy atom. The van der Waals surface area contributed by atoms with Crippen LogP contribution >= 0.6 is 35.6 Å². The van der Waals surface area contributed by atoms with E-state index in [2.05, 4.69) is 11.4 Å². The highest BCUT2D eigenvalue weighted by Crippen LogP contribution is 2.30. The third-order valence-corrected chi connectivity index (χ3v) is 3.87. The lowest BCUT2D eigenvalue weighted by atomic mass is 10.1. The molecule has 0 spiro atoms. The van der Waals surface area contributed by atoms with Gasteiger partial charge in [0, 0.05) is 15.5 Å². The van der Waals surface area contributed by atoms with Crippen molar-refractivity contribution in [1.29, 1.82) is 0 Å². The average molecular weight is 309 g/mol. The zero-order chi connectivity index (χ0) is 13.8. The molecule has 98 valence electrons. The van der Waals surface area contributed by atoms with E-state index in [-0.39, 0.29) is 0 Å². The first kappa shape index (κ1) is 14.2. The Bertz CT molecular complexity index is 614. The molecule has 5 heteroatoms. The van der Waals surface area contributed by atoms with Gasteiger partial charge in [0.1, 0.15) is 4.99 Å². The van der Waals surface area contributed by atoms with Crippen LogP contribution in [0.15, 0.2) is 47.4 Å². The number of nitrogens with two attached hydrogens (primary N) is 1. The van der Waals surface area contributed by atoms with E-state index in [1.807, 2.05) is 36.6 Å². The van der Waals surface area contributed by atoms with Crippen LogP contribution in [0.4, 0.5) is 11.4 Å². The van der Waals surface area contributed by atoms with Crippen molar-refractivity contribution in [3.63, 3.8) is 0 Å². The molecule has 0 aromatic heterocycles. The number of halogens is 1. The first-order valence-corrected chi connectivity index (χ1v) is 7.62. The number of benzene rings is 2. The molecule has 0 atom stereocenters. The van der Waals surface area contributed by atoms with Gasteiger partial charge in [-0.25, -0.2) is 0 Å². The molecule has 0 radical (unpaired) electrons. The highest BCUT2D eigenvalue weighted by atomic mass is 35.5. The number of thiocarbonyl (C=S) groups is 1. The highest BCUT2D eigenvalue weighted by molar-refractivity contribution is 7.98. The van der Waals surface area contributed by atoms with Crippen molar-refractivity contribution in [2.45, 2.75) is 4.90 Å². The largest absolute Gasteiger partial charge is 0.389 e. The van der Waals surface area contributed by atoms with Crippen LogP contribution in [0.1, 0.15) is 5.56 Å². The van der Waals surface area contributed by atoms with Gasteiger partial charge in [-0.3, -0.25) is 0 Å². The van der Waals surface area contributed by atoms with Gasteiger partial charge in [0.25, 0.3) is 0 Å². The number of rotatable bonds is 4.